The van der Waals surface area contributed by atoms with Gasteiger partial charge in [-0.2, -0.15) is 5.10 Å². The number of carbonyl (C=O) groups is 1. The maximum atomic E-state index is 12.6. The molecular formula is C20H23N5O. The predicted molar refractivity (Wildman–Crippen MR) is 102 cm³/mol. The highest BCUT2D eigenvalue weighted by Crippen LogP contribution is 2.17. The molecule has 134 valence electrons. The van der Waals surface area contributed by atoms with Gasteiger partial charge in [-0.3, -0.25) is 9.48 Å². The summed E-state index contributed by atoms with van der Waals surface area (Å²) >= 11 is 0. The van der Waals surface area contributed by atoms with E-state index in [9.17, 15) is 4.79 Å². The molecule has 0 aliphatic carbocycles. The van der Waals surface area contributed by atoms with Gasteiger partial charge in [0.2, 0.25) is 5.91 Å². The Morgan fingerprint density at radius 3 is 2.73 bits per heavy atom. The van der Waals surface area contributed by atoms with E-state index in [-0.39, 0.29) is 5.91 Å². The quantitative estimate of drug-likeness (QED) is 0.726. The second kappa shape index (κ2) is 7.15. The van der Waals surface area contributed by atoms with Crippen molar-refractivity contribution in [3.8, 4) is 0 Å². The molecule has 1 amide bonds. The zero-order chi connectivity index (χ0) is 17.9. The van der Waals surface area contributed by atoms with Gasteiger partial charge in [-0.05, 0) is 31.2 Å². The Labute approximate surface area is 153 Å². The minimum Gasteiger partial charge on any atom is -0.353 e. The number of pyridine rings is 1. The summed E-state index contributed by atoms with van der Waals surface area (Å²) in [6, 6.07) is 12.2. The minimum atomic E-state index is 0.196. The Balaban J connectivity index is 1.33. The fourth-order valence-corrected chi connectivity index (χ4v) is 3.47. The topological polar surface area (TPSA) is 54.3 Å². The Bertz CT molecular complexity index is 897. The molecular weight excluding hydrogens is 326 g/mol. The van der Waals surface area contributed by atoms with Crippen molar-refractivity contribution in [3.63, 3.8) is 0 Å². The highest BCUT2D eigenvalue weighted by Gasteiger charge is 2.21. The monoisotopic (exact) mass is 349 g/mol. The van der Waals surface area contributed by atoms with Gasteiger partial charge in [0.25, 0.3) is 0 Å². The summed E-state index contributed by atoms with van der Waals surface area (Å²) in [5.41, 5.74) is 2.31. The number of aromatic nitrogens is 3. The number of amides is 1. The van der Waals surface area contributed by atoms with Crippen LogP contribution in [0, 0.1) is 6.92 Å². The Morgan fingerprint density at radius 1 is 1.12 bits per heavy atom. The zero-order valence-corrected chi connectivity index (χ0v) is 15.0. The van der Waals surface area contributed by atoms with Crippen molar-refractivity contribution in [1.29, 1.82) is 0 Å². The molecule has 0 N–H and O–H groups in total. The van der Waals surface area contributed by atoms with E-state index in [1.807, 2.05) is 40.2 Å². The van der Waals surface area contributed by atoms with E-state index in [0.717, 1.165) is 42.9 Å². The van der Waals surface area contributed by atoms with Gasteiger partial charge in [0, 0.05) is 44.2 Å². The summed E-state index contributed by atoms with van der Waals surface area (Å²) in [5.74, 6) is 1.18. The second-order valence-electron chi connectivity index (χ2n) is 6.74. The molecule has 1 aromatic carbocycles. The first-order valence-corrected chi connectivity index (χ1v) is 9.07. The van der Waals surface area contributed by atoms with Crippen LogP contribution in [0.3, 0.4) is 0 Å². The third-order valence-corrected chi connectivity index (χ3v) is 4.94. The number of nitrogens with zero attached hydrogens (tertiary/aromatic N) is 5. The van der Waals surface area contributed by atoms with Crippen molar-refractivity contribution >= 4 is 22.6 Å². The highest BCUT2D eigenvalue weighted by molar-refractivity contribution is 5.80. The van der Waals surface area contributed by atoms with Crippen molar-refractivity contribution in [2.24, 2.45) is 0 Å². The third-order valence-electron chi connectivity index (χ3n) is 4.94. The van der Waals surface area contributed by atoms with Crippen molar-refractivity contribution in [3.05, 3.63) is 54.4 Å². The number of carbonyl (C=O) groups excluding carboxylic acids is 1. The number of anilines is 1. The molecule has 3 aromatic rings. The molecule has 0 bridgehead atoms. The first-order chi connectivity index (χ1) is 12.7. The molecule has 0 radical (unpaired) electrons. The van der Waals surface area contributed by atoms with Crippen molar-refractivity contribution in [1.82, 2.24) is 19.7 Å². The number of hydrogen-bond acceptors (Lipinski definition) is 4. The Kier molecular flexibility index (Phi) is 4.56. The molecule has 26 heavy (non-hydrogen) atoms. The molecule has 0 atom stereocenters. The lowest BCUT2D eigenvalue weighted by Gasteiger charge is -2.35. The molecule has 1 aliphatic rings. The average Bonchev–Trinajstić information content (AvgIpc) is 3.09. The Morgan fingerprint density at radius 2 is 1.96 bits per heavy atom. The van der Waals surface area contributed by atoms with Crippen LogP contribution in [0.25, 0.3) is 10.9 Å². The smallest absolute Gasteiger partial charge is 0.224 e. The summed E-state index contributed by atoms with van der Waals surface area (Å²) in [6.07, 6.45) is 4.16. The summed E-state index contributed by atoms with van der Waals surface area (Å²) in [7, 11) is 0. The molecule has 1 fully saturated rings. The van der Waals surface area contributed by atoms with Gasteiger partial charge < -0.3 is 9.80 Å². The first kappa shape index (κ1) is 16.6. The SMILES string of the molecule is Cc1ccc2c(cnn2CCC(=O)N2CCN(c3ccccn3)CC2)c1. The lowest BCUT2D eigenvalue weighted by Crippen LogP contribution is -2.49. The van der Waals surface area contributed by atoms with Crippen LogP contribution in [0.1, 0.15) is 12.0 Å². The average molecular weight is 349 g/mol. The van der Waals surface area contributed by atoms with Crippen LogP contribution in [-0.4, -0.2) is 51.8 Å². The first-order valence-electron chi connectivity index (χ1n) is 9.07. The third kappa shape index (κ3) is 3.40. The molecule has 0 spiro atoms. The van der Waals surface area contributed by atoms with Crippen molar-refractivity contribution in [2.45, 2.75) is 19.9 Å². The van der Waals surface area contributed by atoms with Gasteiger partial charge in [-0.25, -0.2) is 4.98 Å². The van der Waals surface area contributed by atoms with Crippen LogP contribution >= 0.6 is 0 Å². The van der Waals surface area contributed by atoms with Crippen LogP contribution in [0.4, 0.5) is 5.82 Å². The fourth-order valence-electron chi connectivity index (χ4n) is 3.47. The molecule has 0 saturated carbocycles. The molecule has 6 nitrogen and oxygen atoms in total. The fraction of sp³-hybridized carbons (Fsp3) is 0.350. The molecule has 6 heteroatoms. The van der Waals surface area contributed by atoms with Gasteiger partial charge in [0.05, 0.1) is 18.3 Å². The molecule has 3 heterocycles. The van der Waals surface area contributed by atoms with Gasteiger partial charge in [-0.15, -0.1) is 0 Å². The van der Waals surface area contributed by atoms with E-state index in [1.54, 1.807) is 0 Å². The molecule has 0 unspecified atom stereocenters. The van der Waals surface area contributed by atoms with Gasteiger partial charge in [0.1, 0.15) is 5.82 Å². The Hall–Kier alpha value is -2.89. The summed E-state index contributed by atoms with van der Waals surface area (Å²) in [6.45, 7) is 5.83. The predicted octanol–water partition coefficient (Wildman–Crippen LogP) is 2.48. The van der Waals surface area contributed by atoms with Crippen molar-refractivity contribution in [2.75, 3.05) is 31.1 Å². The van der Waals surface area contributed by atoms with E-state index in [4.69, 9.17) is 0 Å². The van der Waals surface area contributed by atoms with Crippen LogP contribution in [0.15, 0.2) is 48.8 Å². The van der Waals surface area contributed by atoms with Crippen LogP contribution in [0.5, 0.6) is 0 Å². The molecule has 4 rings (SSSR count). The molecule has 1 saturated heterocycles. The second-order valence-corrected chi connectivity index (χ2v) is 6.74. The standard InChI is InChI=1S/C20H23N5O/c1-16-5-6-18-17(14-16)15-22-25(18)9-7-20(26)24-12-10-23(11-13-24)19-4-2-3-8-21-19/h2-6,8,14-15H,7,9-13H2,1H3. The van der Waals surface area contributed by atoms with Crippen LogP contribution in [0.2, 0.25) is 0 Å². The van der Waals surface area contributed by atoms with E-state index in [0.29, 0.717) is 13.0 Å². The summed E-state index contributed by atoms with van der Waals surface area (Å²) in [5, 5.41) is 5.56. The molecule has 1 aliphatic heterocycles. The summed E-state index contributed by atoms with van der Waals surface area (Å²) < 4.78 is 1.93. The number of hydrogen-bond donors (Lipinski definition) is 0. The number of aryl methyl sites for hydroxylation is 2. The normalized spacial score (nSPS) is 14.8. The number of fused-ring (bicyclic) bond motifs is 1. The van der Waals surface area contributed by atoms with Crippen LogP contribution < -0.4 is 4.90 Å². The number of rotatable bonds is 4. The maximum Gasteiger partial charge on any atom is 0.224 e. The van der Waals surface area contributed by atoms with Gasteiger partial charge in [0.15, 0.2) is 0 Å². The largest absolute Gasteiger partial charge is 0.353 e. The van der Waals surface area contributed by atoms with E-state index in [1.165, 1.54) is 5.56 Å². The van der Waals surface area contributed by atoms with Crippen LogP contribution in [-0.2, 0) is 11.3 Å². The zero-order valence-electron chi connectivity index (χ0n) is 15.0. The number of benzene rings is 1. The van der Waals surface area contributed by atoms with Gasteiger partial charge in [-0.1, -0.05) is 17.7 Å². The lowest BCUT2D eigenvalue weighted by molar-refractivity contribution is -0.131. The molecule has 2 aromatic heterocycles. The van der Waals surface area contributed by atoms with Gasteiger partial charge >= 0.3 is 0 Å². The van der Waals surface area contributed by atoms with E-state index < -0.39 is 0 Å². The van der Waals surface area contributed by atoms with E-state index >= 15 is 0 Å². The van der Waals surface area contributed by atoms with E-state index in [2.05, 4.69) is 40.1 Å². The number of piperazine rings is 1. The minimum absolute atomic E-state index is 0.196. The summed E-state index contributed by atoms with van der Waals surface area (Å²) in [4.78, 5) is 21.1. The maximum absolute atomic E-state index is 12.6. The van der Waals surface area contributed by atoms with Crippen molar-refractivity contribution < 1.29 is 4.79 Å². The lowest BCUT2D eigenvalue weighted by atomic mass is 10.2. The highest BCUT2D eigenvalue weighted by atomic mass is 16.2.